The van der Waals surface area contributed by atoms with Crippen molar-refractivity contribution in [2.24, 2.45) is 5.92 Å². The van der Waals surface area contributed by atoms with E-state index in [0.717, 1.165) is 24.0 Å². The lowest BCUT2D eigenvalue weighted by Gasteiger charge is -2.34. The Kier molecular flexibility index (Phi) is 3.34. The van der Waals surface area contributed by atoms with Gasteiger partial charge in [-0.2, -0.15) is 0 Å². The van der Waals surface area contributed by atoms with Crippen LogP contribution in [0.25, 0.3) is 0 Å². The van der Waals surface area contributed by atoms with Gasteiger partial charge in [-0.3, -0.25) is 0 Å². The van der Waals surface area contributed by atoms with Crippen LogP contribution in [0, 0.1) is 5.92 Å². The molecule has 0 unspecified atom stereocenters. The fraction of sp³-hybridized carbons (Fsp3) is 0.467. The molecule has 2 aliphatic rings. The molecule has 0 radical (unpaired) electrons. The van der Waals surface area contributed by atoms with E-state index >= 15 is 0 Å². The maximum absolute atomic E-state index is 12.2. The quantitative estimate of drug-likeness (QED) is 0.880. The van der Waals surface area contributed by atoms with Gasteiger partial charge in [-0.25, -0.2) is 9.59 Å². The Bertz CT molecular complexity index is 540. The SMILES string of the molecule is O=C(O)[C@@H]1Cc2ccccc2CN1C(=O)NCC1CC1. The first-order valence-electron chi connectivity index (χ1n) is 6.99. The summed E-state index contributed by atoms with van der Waals surface area (Å²) in [6.07, 6.45) is 2.69. The number of carbonyl (C=O) groups excluding carboxylic acids is 1. The molecule has 1 aromatic carbocycles. The van der Waals surface area contributed by atoms with Crippen LogP contribution in [-0.2, 0) is 17.8 Å². The Labute approximate surface area is 117 Å². The maximum Gasteiger partial charge on any atom is 0.326 e. The van der Waals surface area contributed by atoms with Gasteiger partial charge < -0.3 is 15.3 Å². The smallest absolute Gasteiger partial charge is 0.326 e. The molecule has 1 heterocycles. The molecule has 1 aliphatic carbocycles. The second-order valence-corrected chi connectivity index (χ2v) is 5.58. The summed E-state index contributed by atoms with van der Waals surface area (Å²) in [6.45, 7) is 1.02. The van der Waals surface area contributed by atoms with Gasteiger partial charge in [0.2, 0.25) is 0 Å². The molecule has 1 aliphatic heterocycles. The van der Waals surface area contributed by atoms with Gasteiger partial charge in [0.25, 0.3) is 0 Å². The first-order chi connectivity index (χ1) is 9.65. The first kappa shape index (κ1) is 13.0. The molecule has 0 aromatic heterocycles. The zero-order valence-electron chi connectivity index (χ0n) is 11.2. The summed E-state index contributed by atoms with van der Waals surface area (Å²) in [5.41, 5.74) is 2.05. The number of hydrogen-bond donors (Lipinski definition) is 2. The lowest BCUT2D eigenvalue weighted by atomic mass is 9.94. The van der Waals surface area contributed by atoms with Gasteiger partial charge in [0.05, 0.1) is 0 Å². The summed E-state index contributed by atoms with van der Waals surface area (Å²) in [7, 11) is 0. The Morgan fingerprint density at radius 1 is 1.25 bits per heavy atom. The van der Waals surface area contributed by atoms with E-state index in [-0.39, 0.29) is 6.03 Å². The molecule has 2 amide bonds. The van der Waals surface area contributed by atoms with Crippen LogP contribution >= 0.6 is 0 Å². The summed E-state index contributed by atoms with van der Waals surface area (Å²) in [5, 5.41) is 12.2. The highest BCUT2D eigenvalue weighted by Crippen LogP contribution is 2.28. The number of benzene rings is 1. The zero-order valence-corrected chi connectivity index (χ0v) is 11.2. The number of urea groups is 1. The van der Waals surface area contributed by atoms with Crippen molar-refractivity contribution in [1.82, 2.24) is 10.2 Å². The largest absolute Gasteiger partial charge is 0.480 e. The third-order valence-electron chi connectivity index (χ3n) is 4.03. The minimum atomic E-state index is -0.943. The topological polar surface area (TPSA) is 69.6 Å². The number of carbonyl (C=O) groups is 2. The number of amides is 2. The number of rotatable bonds is 3. The second kappa shape index (κ2) is 5.15. The number of nitrogens with zero attached hydrogens (tertiary/aromatic N) is 1. The standard InChI is InChI=1S/C15H18N2O3/c18-14(19)13-7-11-3-1-2-4-12(11)9-17(13)15(20)16-8-10-5-6-10/h1-4,10,13H,5-9H2,(H,16,20)(H,18,19)/t13-/m0/s1. The van der Waals surface area contributed by atoms with Crippen molar-refractivity contribution >= 4 is 12.0 Å². The van der Waals surface area contributed by atoms with Crippen LogP contribution in [0.15, 0.2) is 24.3 Å². The summed E-state index contributed by atoms with van der Waals surface area (Å²) in [6, 6.07) is 6.67. The van der Waals surface area contributed by atoms with Crippen LogP contribution in [-0.4, -0.2) is 34.6 Å². The van der Waals surface area contributed by atoms with Crippen molar-refractivity contribution in [2.45, 2.75) is 31.8 Å². The fourth-order valence-electron chi connectivity index (χ4n) is 2.61. The van der Waals surface area contributed by atoms with Gasteiger partial charge in [0.1, 0.15) is 6.04 Å². The van der Waals surface area contributed by atoms with Gasteiger partial charge in [0, 0.05) is 19.5 Å². The molecule has 1 aromatic rings. The minimum Gasteiger partial charge on any atom is -0.480 e. The van der Waals surface area contributed by atoms with Gasteiger partial charge >= 0.3 is 12.0 Å². The van der Waals surface area contributed by atoms with E-state index in [2.05, 4.69) is 5.32 Å². The van der Waals surface area contributed by atoms with Crippen molar-refractivity contribution < 1.29 is 14.7 Å². The van der Waals surface area contributed by atoms with Crippen molar-refractivity contribution in [3.05, 3.63) is 35.4 Å². The fourth-order valence-corrected chi connectivity index (χ4v) is 2.61. The van der Waals surface area contributed by atoms with E-state index in [1.165, 1.54) is 4.90 Å². The monoisotopic (exact) mass is 274 g/mol. The highest BCUT2D eigenvalue weighted by atomic mass is 16.4. The van der Waals surface area contributed by atoms with E-state index in [1.54, 1.807) is 0 Å². The Morgan fingerprint density at radius 2 is 1.95 bits per heavy atom. The number of nitrogens with one attached hydrogen (secondary N) is 1. The highest BCUT2D eigenvalue weighted by Gasteiger charge is 2.35. The Balaban J connectivity index is 1.76. The third kappa shape index (κ3) is 2.61. The molecule has 1 saturated carbocycles. The summed E-state index contributed by atoms with van der Waals surface area (Å²) >= 11 is 0. The van der Waals surface area contributed by atoms with Crippen LogP contribution in [0.1, 0.15) is 24.0 Å². The maximum atomic E-state index is 12.2. The van der Waals surface area contributed by atoms with Crippen LogP contribution in [0.2, 0.25) is 0 Å². The molecule has 5 heteroatoms. The molecule has 0 bridgehead atoms. The number of aliphatic carboxylic acids is 1. The zero-order chi connectivity index (χ0) is 14.1. The second-order valence-electron chi connectivity index (χ2n) is 5.58. The van der Waals surface area contributed by atoms with E-state index < -0.39 is 12.0 Å². The average molecular weight is 274 g/mol. The predicted octanol–water partition coefficient (Wildman–Crippen LogP) is 1.62. The van der Waals surface area contributed by atoms with Crippen LogP contribution in [0.5, 0.6) is 0 Å². The van der Waals surface area contributed by atoms with E-state index in [0.29, 0.717) is 25.4 Å². The molecule has 3 rings (SSSR count). The van der Waals surface area contributed by atoms with Crippen LogP contribution < -0.4 is 5.32 Å². The average Bonchev–Trinajstić information content (AvgIpc) is 3.27. The van der Waals surface area contributed by atoms with E-state index in [1.807, 2.05) is 24.3 Å². The molecule has 20 heavy (non-hydrogen) atoms. The van der Waals surface area contributed by atoms with E-state index in [9.17, 15) is 14.7 Å². The van der Waals surface area contributed by atoms with Crippen LogP contribution in [0.4, 0.5) is 4.79 Å². The molecule has 0 saturated heterocycles. The normalized spacial score (nSPS) is 21.2. The van der Waals surface area contributed by atoms with Crippen molar-refractivity contribution in [1.29, 1.82) is 0 Å². The summed E-state index contributed by atoms with van der Waals surface area (Å²) < 4.78 is 0. The molecule has 106 valence electrons. The van der Waals surface area contributed by atoms with Crippen molar-refractivity contribution in [3.63, 3.8) is 0 Å². The van der Waals surface area contributed by atoms with Crippen LogP contribution in [0.3, 0.4) is 0 Å². The van der Waals surface area contributed by atoms with Gasteiger partial charge in [0.15, 0.2) is 0 Å². The molecular formula is C15H18N2O3. The molecular weight excluding hydrogens is 256 g/mol. The Morgan fingerprint density at radius 3 is 2.60 bits per heavy atom. The predicted molar refractivity (Wildman–Crippen MR) is 73.2 cm³/mol. The van der Waals surface area contributed by atoms with Gasteiger partial charge in [-0.15, -0.1) is 0 Å². The Hall–Kier alpha value is -2.04. The lowest BCUT2D eigenvalue weighted by Crippen LogP contribution is -2.52. The number of hydrogen-bond acceptors (Lipinski definition) is 2. The molecule has 2 N–H and O–H groups in total. The van der Waals surface area contributed by atoms with Crippen molar-refractivity contribution in [3.8, 4) is 0 Å². The molecule has 1 fully saturated rings. The third-order valence-corrected chi connectivity index (χ3v) is 4.03. The molecule has 0 spiro atoms. The highest BCUT2D eigenvalue weighted by molar-refractivity contribution is 5.83. The van der Waals surface area contributed by atoms with Crippen molar-refractivity contribution in [2.75, 3.05) is 6.54 Å². The molecule has 5 nitrogen and oxygen atoms in total. The summed E-state index contributed by atoms with van der Waals surface area (Å²) in [5.74, 6) is -0.361. The number of carboxylic acids is 1. The van der Waals surface area contributed by atoms with Gasteiger partial charge in [-0.05, 0) is 29.9 Å². The minimum absolute atomic E-state index is 0.265. The summed E-state index contributed by atoms with van der Waals surface area (Å²) in [4.78, 5) is 25.1. The molecule has 1 atom stereocenters. The van der Waals surface area contributed by atoms with E-state index in [4.69, 9.17) is 0 Å². The number of carboxylic acid groups (broad SMARTS) is 1. The lowest BCUT2D eigenvalue weighted by molar-refractivity contribution is -0.142. The number of fused-ring (bicyclic) bond motifs is 1. The van der Waals surface area contributed by atoms with Gasteiger partial charge in [-0.1, -0.05) is 24.3 Å². The first-order valence-corrected chi connectivity index (χ1v) is 6.99.